The Hall–Kier alpha value is -0.180. The largest absolute Gasteiger partial charge is 0.378 e. The minimum absolute atomic E-state index is 0.343. The quantitative estimate of drug-likeness (QED) is 0.790. The molecule has 1 atom stereocenters. The van der Waals surface area contributed by atoms with E-state index in [0.29, 0.717) is 27.7 Å². The lowest BCUT2D eigenvalue weighted by atomic mass is 10.2. The molecule has 2 aliphatic rings. The van der Waals surface area contributed by atoms with E-state index in [4.69, 9.17) is 16.3 Å². The van der Waals surface area contributed by atoms with E-state index in [-0.39, 0.29) is 0 Å². The third-order valence-corrected chi connectivity index (χ3v) is 8.08. The number of hydrogen-bond donors (Lipinski definition) is 0. The van der Waals surface area contributed by atoms with Gasteiger partial charge < -0.3 is 9.64 Å². The topological polar surface area (TPSA) is 49.9 Å². The summed E-state index contributed by atoms with van der Waals surface area (Å²) in [5.74, 6) is 0. The first-order valence-corrected chi connectivity index (χ1v) is 10.8. The van der Waals surface area contributed by atoms with E-state index in [1.807, 2.05) is 0 Å². The van der Waals surface area contributed by atoms with E-state index >= 15 is 0 Å². The van der Waals surface area contributed by atoms with Gasteiger partial charge in [0.25, 0.3) is 10.0 Å². The molecule has 0 aliphatic carbocycles. The molecule has 2 aliphatic heterocycles. The van der Waals surface area contributed by atoms with Crippen LogP contribution in [0.3, 0.4) is 0 Å². The smallest absolute Gasteiger partial charge is 0.252 e. The third kappa shape index (κ3) is 4.46. The van der Waals surface area contributed by atoms with E-state index in [2.05, 4.69) is 4.90 Å². The number of sulfonamides is 1. The molecule has 0 amide bonds. The first-order chi connectivity index (χ1) is 11.1. The highest BCUT2D eigenvalue weighted by molar-refractivity contribution is 7.91. The second-order valence-corrected chi connectivity index (χ2v) is 9.96. The van der Waals surface area contributed by atoms with Crippen molar-refractivity contribution in [3.8, 4) is 0 Å². The fraction of sp³-hybridized carbons (Fsp3) is 0.733. The summed E-state index contributed by atoms with van der Waals surface area (Å²) < 4.78 is 33.5. The third-order valence-electron chi connectivity index (χ3n) is 4.48. The second kappa shape index (κ2) is 7.80. The van der Waals surface area contributed by atoms with Gasteiger partial charge in [-0.15, -0.1) is 11.3 Å². The molecule has 23 heavy (non-hydrogen) atoms. The van der Waals surface area contributed by atoms with Crippen LogP contribution in [0.25, 0.3) is 0 Å². The number of ether oxygens (including phenoxy) is 1. The molecule has 1 aromatic rings. The molecule has 2 saturated heterocycles. The Morgan fingerprint density at radius 3 is 2.78 bits per heavy atom. The Balaban J connectivity index is 1.55. The van der Waals surface area contributed by atoms with E-state index in [1.54, 1.807) is 16.4 Å². The Morgan fingerprint density at radius 1 is 1.22 bits per heavy atom. The van der Waals surface area contributed by atoms with Crippen LogP contribution in [0.15, 0.2) is 16.3 Å². The van der Waals surface area contributed by atoms with Gasteiger partial charge in [0.05, 0.1) is 10.4 Å². The van der Waals surface area contributed by atoms with Crippen molar-refractivity contribution in [2.45, 2.75) is 36.0 Å². The van der Waals surface area contributed by atoms with Crippen LogP contribution in [0.5, 0.6) is 0 Å². The number of hydrogen-bond acceptors (Lipinski definition) is 5. The van der Waals surface area contributed by atoms with Crippen LogP contribution in [-0.2, 0) is 14.8 Å². The van der Waals surface area contributed by atoms with Crippen LogP contribution in [0.2, 0.25) is 4.34 Å². The highest BCUT2D eigenvalue weighted by atomic mass is 35.5. The zero-order valence-corrected chi connectivity index (χ0v) is 15.5. The van der Waals surface area contributed by atoms with Gasteiger partial charge in [-0.25, -0.2) is 8.42 Å². The van der Waals surface area contributed by atoms with Gasteiger partial charge in [0.15, 0.2) is 0 Å². The number of rotatable bonds is 5. The van der Waals surface area contributed by atoms with E-state index in [9.17, 15) is 8.42 Å². The molecular formula is C15H23ClN2O3S2. The Morgan fingerprint density at radius 2 is 2.09 bits per heavy atom. The summed E-state index contributed by atoms with van der Waals surface area (Å²) >= 11 is 7.01. The molecule has 8 heteroatoms. The minimum atomic E-state index is -3.40. The molecule has 0 bridgehead atoms. The summed E-state index contributed by atoms with van der Waals surface area (Å²) in [6, 6.07) is 3.24. The molecular weight excluding hydrogens is 356 g/mol. The van der Waals surface area contributed by atoms with Crippen LogP contribution in [-0.4, -0.2) is 63.1 Å². The van der Waals surface area contributed by atoms with Gasteiger partial charge in [-0.3, -0.25) is 0 Å². The Kier molecular flexibility index (Phi) is 5.98. The van der Waals surface area contributed by atoms with Crippen LogP contribution in [0, 0.1) is 0 Å². The fourth-order valence-corrected chi connectivity index (χ4v) is 6.28. The first kappa shape index (κ1) is 17.6. The highest BCUT2D eigenvalue weighted by Crippen LogP contribution is 2.28. The van der Waals surface area contributed by atoms with Crippen molar-refractivity contribution in [1.82, 2.24) is 9.21 Å². The van der Waals surface area contributed by atoms with Gasteiger partial charge in [-0.2, -0.15) is 4.31 Å². The summed E-state index contributed by atoms with van der Waals surface area (Å²) in [5, 5.41) is 0. The molecule has 130 valence electrons. The Labute approximate surface area is 147 Å². The van der Waals surface area contributed by atoms with E-state index < -0.39 is 10.0 Å². The minimum Gasteiger partial charge on any atom is -0.378 e. The van der Waals surface area contributed by atoms with Gasteiger partial charge in [0, 0.05) is 32.8 Å². The average molecular weight is 379 g/mol. The van der Waals surface area contributed by atoms with Crippen LogP contribution in [0.1, 0.15) is 25.7 Å². The predicted octanol–water partition coefficient (Wildman–Crippen LogP) is 2.67. The molecule has 0 radical (unpaired) electrons. The van der Waals surface area contributed by atoms with Crippen molar-refractivity contribution >= 4 is 33.0 Å². The van der Waals surface area contributed by atoms with Crippen molar-refractivity contribution < 1.29 is 13.2 Å². The summed E-state index contributed by atoms with van der Waals surface area (Å²) in [6.45, 7) is 4.73. The van der Waals surface area contributed by atoms with Gasteiger partial charge in [0.2, 0.25) is 0 Å². The van der Waals surface area contributed by atoms with Crippen LogP contribution < -0.4 is 0 Å². The van der Waals surface area contributed by atoms with Crippen LogP contribution >= 0.6 is 22.9 Å². The number of halogens is 1. The monoisotopic (exact) mass is 378 g/mol. The molecule has 1 aromatic heterocycles. The average Bonchev–Trinajstić information content (AvgIpc) is 3.13. The highest BCUT2D eigenvalue weighted by Gasteiger charge is 2.28. The lowest BCUT2D eigenvalue weighted by molar-refractivity contribution is 0.0926. The molecule has 0 saturated carbocycles. The number of thiophene rings is 1. The van der Waals surface area contributed by atoms with Gasteiger partial charge in [-0.05, 0) is 44.4 Å². The zero-order chi connectivity index (χ0) is 16.3. The SMILES string of the molecule is O=S(=O)(c1ccc(Cl)s1)N1CCCN(CCC2CCCO2)CC1. The lowest BCUT2D eigenvalue weighted by Gasteiger charge is -2.22. The van der Waals surface area contributed by atoms with Crippen molar-refractivity contribution in [1.29, 1.82) is 0 Å². The normalized spacial score (nSPS) is 24.8. The molecule has 3 heterocycles. The van der Waals surface area contributed by atoms with Crippen LogP contribution in [0.4, 0.5) is 0 Å². The fourth-order valence-electron chi connectivity index (χ4n) is 3.17. The van der Waals surface area contributed by atoms with Crippen molar-refractivity contribution in [3.05, 3.63) is 16.5 Å². The zero-order valence-electron chi connectivity index (χ0n) is 13.1. The standard InChI is InChI=1S/C15H23ClN2O3S2/c16-14-4-5-15(22-14)23(19,20)18-8-2-7-17(10-11-18)9-6-13-3-1-12-21-13/h4-5,13H,1-3,6-12H2. The summed E-state index contributed by atoms with van der Waals surface area (Å²) in [6.07, 6.45) is 4.64. The number of nitrogens with zero attached hydrogens (tertiary/aromatic N) is 2. The maximum atomic E-state index is 12.7. The van der Waals surface area contributed by atoms with E-state index in [1.165, 1.54) is 6.42 Å². The Bertz CT molecular complexity index is 614. The van der Waals surface area contributed by atoms with E-state index in [0.717, 1.165) is 56.8 Å². The van der Waals surface area contributed by atoms with Crippen molar-refractivity contribution in [2.24, 2.45) is 0 Å². The van der Waals surface area contributed by atoms with Gasteiger partial charge in [0.1, 0.15) is 4.21 Å². The lowest BCUT2D eigenvalue weighted by Crippen LogP contribution is -2.35. The van der Waals surface area contributed by atoms with Crippen molar-refractivity contribution in [3.63, 3.8) is 0 Å². The van der Waals surface area contributed by atoms with Gasteiger partial charge >= 0.3 is 0 Å². The maximum absolute atomic E-state index is 12.7. The summed E-state index contributed by atoms with van der Waals surface area (Å²) in [5.41, 5.74) is 0. The predicted molar refractivity (Wildman–Crippen MR) is 92.7 cm³/mol. The van der Waals surface area contributed by atoms with Crippen molar-refractivity contribution in [2.75, 3.05) is 39.3 Å². The molecule has 0 N–H and O–H groups in total. The molecule has 0 aromatic carbocycles. The van der Waals surface area contributed by atoms with Gasteiger partial charge in [-0.1, -0.05) is 11.6 Å². The second-order valence-electron chi connectivity index (χ2n) is 6.08. The summed E-state index contributed by atoms with van der Waals surface area (Å²) in [4.78, 5) is 2.36. The molecule has 5 nitrogen and oxygen atoms in total. The molecule has 1 unspecified atom stereocenters. The molecule has 2 fully saturated rings. The summed E-state index contributed by atoms with van der Waals surface area (Å²) in [7, 11) is -3.40. The molecule has 0 spiro atoms. The maximum Gasteiger partial charge on any atom is 0.252 e. The first-order valence-electron chi connectivity index (χ1n) is 8.15. The molecule has 3 rings (SSSR count).